The van der Waals surface area contributed by atoms with Crippen molar-refractivity contribution in [2.45, 2.75) is 32.4 Å². The zero-order valence-corrected chi connectivity index (χ0v) is 20.4. The molecule has 36 heavy (non-hydrogen) atoms. The lowest BCUT2D eigenvalue weighted by atomic mass is 10.0. The Labute approximate surface area is 211 Å². The van der Waals surface area contributed by atoms with E-state index in [0.29, 0.717) is 11.5 Å². The molecule has 4 aromatic rings. The van der Waals surface area contributed by atoms with Gasteiger partial charge in [0.05, 0.1) is 5.69 Å². The number of carbonyl (C=O) groups is 1. The smallest absolute Gasteiger partial charge is 0.275 e. The number of hydrogen-bond donors (Lipinski definition) is 2. The summed E-state index contributed by atoms with van der Waals surface area (Å²) in [5.74, 6) is 0.187. The second-order valence-corrected chi connectivity index (χ2v) is 9.32. The third kappa shape index (κ3) is 5.82. The van der Waals surface area contributed by atoms with E-state index in [9.17, 15) is 4.79 Å². The Hall–Kier alpha value is -3.94. The van der Waals surface area contributed by atoms with E-state index in [0.717, 1.165) is 66.1 Å². The van der Waals surface area contributed by atoms with Crippen molar-refractivity contribution in [2.75, 3.05) is 18.4 Å². The largest absolute Gasteiger partial charge is 0.327 e. The van der Waals surface area contributed by atoms with Crippen LogP contribution in [0.5, 0.6) is 0 Å². The van der Waals surface area contributed by atoms with Gasteiger partial charge in [0.1, 0.15) is 11.5 Å². The van der Waals surface area contributed by atoms with Crippen molar-refractivity contribution >= 4 is 11.7 Å². The summed E-state index contributed by atoms with van der Waals surface area (Å²) >= 11 is 0. The fourth-order valence-corrected chi connectivity index (χ4v) is 4.55. The SMILES string of the molecule is Cc1ccc(-c2cc(CN3CCC[C@H](N)C3)cc(NC(=O)c3cc(-c4ccccc4)ccn3)n2)cn1. The van der Waals surface area contributed by atoms with Gasteiger partial charge in [-0.25, -0.2) is 4.98 Å². The van der Waals surface area contributed by atoms with E-state index in [1.165, 1.54) is 0 Å². The van der Waals surface area contributed by atoms with Gasteiger partial charge >= 0.3 is 0 Å². The van der Waals surface area contributed by atoms with Gasteiger partial charge in [-0.1, -0.05) is 30.3 Å². The number of carbonyl (C=O) groups excluding carboxylic acids is 1. The fourth-order valence-electron chi connectivity index (χ4n) is 4.55. The number of benzene rings is 1. The second-order valence-electron chi connectivity index (χ2n) is 9.32. The minimum absolute atomic E-state index is 0.198. The molecule has 3 N–H and O–H groups in total. The molecule has 1 atom stereocenters. The summed E-state index contributed by atoms with van der Waals surface area (Å²) in [5.41, 5.74) is 12.2. The first-order valence-corrected chi connectivity index (χ1v) is 12.3. The zero-order chi connectivity index (χ0) is 24.9. The molecule has 0 bridgehead atoms. The molecule has 1 saturated heterocycles. The number of piperidine rings is 1. The standard InChI is InChI=1S/C29H30N6O/c1-20-9-10-24(17-32-20)26-14-21(18-35-13-5-8-25(30)19-35)15-28(33-26)34-29(36)27-16-23(11-12-31-27)22-6-3-2-4-7-22/h2-4,6-7,9-12,14-17,25H,5,8,13,18-19,30H2,1H3,(H,33,34,36)/t25-/m0/s1. The molecule has 0 spiro atoms. The van der Waals surface area contributed by atoms with Gasteiger partial charge in [0.25, 0.3) is 5.91 Å². The van der Waals surface area contributed by atoms with Gasteiger partial charge in [-0.2, -0.15) is 0 Å². The summed E-state index contributed by atoms with van der Waals surface area (Å²) in [6, 6.07) is 21.8. The number of likely N-dealkylation sites (tertiary alicyclic amines) is 1. The van der Waals surface area contributed by atoms with E-state index < -0.39 is 0 Å². The number of nitrogens with one attached hydrogen (secondary N) is 1. The Morgan fingerprint density at radius 1 is 1.03 bits per heavy atom. The highest BCUT2D eigenvalue weighted by atomic mass is 16.1. The molecule has 0 unspecified atom stereocenters. The molecule has 5 rings (SSSR count). The Morgan fingerprint density at radius 3 is 2.67 bits per heavy atom. The summed E-state index contributed by atoms with van der Waals surface area (Å²) in [5, 5.41) is 2.97. The van der Waals surface area contributed by atoms with E-state index in [2.05, 4.69) is 26.3 Å². The summed E-state index contributed by atoms with van der Waals surface area (Å²) in [7, 11) is 0. The van der Waals surface area contributed by atoms with Crippen LogP contribution in [0.15, 0.2) is 79.1 Å². The number of hydrogen-bond acceptors (Lipinski definition) is 6. The minimum Gasteiger partial charge on any atom is -0.327 e. The molecule has 7 heteroatoms. The van der Waals surface area contributed by atoms with E-state index >= 15 is 0 Å². The molecule has 7 nitrogen and oxygen atoms in total. The molecule has 0 radical (unpaired) electrons. The number of nitrogens with zero attached hydrogens (tertiary/aromatic N) is 4. The maximum atomic E-state index is 13.2. The van der Waals surface area contributed by atoms with Crippen molar-refractivity contribution in [1.82, 2.24) is 19.9 Å². The van der Waals surface area contributed by atoms with Crippen LogP contribution >= 0.6 is 0 Å². The number of rotatable bonds is 6. The van der Waals surface area contributed by atoms with E-state index in [4.69, 9.17) is 10.7 Å². The van der Waals surface area contributed by atoms with Crippen LogP contribution in [0.3, 0.4) is 0 Å². The first-order chi connectivity index (χ1) is 17.5. The maximum Gasteiger partial charge on any atom is 0.275 e. The van der Waals surface area contributed by atoms with Crippen LogP contribution in [0.4, 0.5) is 5.82 Å². The van der Waals surface area contributed by atoms with Gasteiger partial charge in [0, 0.05) is 42.8 Å². The first kappa shape index (κ1) is 23.8. The molecule has 0 saturated carbocycles. The molecule has 1 aliphatic rings. The number of aryl methyl sites for hydroxylation is 1. The van der Waals surface area contributed by atoms with Crippen LogP contribution < -0.4 is 11.1 Å². The molecule has 1 aromatic carbocycles. The molecule has 182 valence electrons. The van der Waals surface area contributed by atoms with Crippen LogP contribution in [0, 0.1) is 6.92 Å². The van der Waals surface area contributed by atoms with Gasteiger partial charge < -0.3 is 11.1 Å². The molecule has 0 aliphatic carbocycles. The number of aromatic nitrogens is 3. The average Bonchev–Trinajstić information content (AvgIpc) is 2.89. The lowest BCUT2D eigenvalue weighted by Gasteiger charge is -2.30. The van der Waals surface area contributed by atoms with Crippen LogP contribution in [-0.2, 0) is 6.54 Å². The van der Waals surface area contributed by atoms with Gasteiger partial charge in [-0.05, 0) is 79.4 Å². The lowest BCUT2D eigenvalue weighted by Crippen LogP contribution is -2.42. The number of pyridine rings is 3. The average molecular weight is 479 g/mol. The third-order valence-corrected chi connectivity index (χ3v) is 6.38. The molecular weight excluding hydrogens is 448 g/mol. The Kier molecular flexibility index (Phi) is 7.11. The van der Waals surface area contributed by atoms with Crippen molar-refractivity contribution in [3.05, 3.63) is 96.1 Å². The van der Waals surface area contributed by atoms with Crippen LogP contribution in [-0.4, -0.2) is 44.9 Å². The van der Waals surface area contributed by atoms with Crippen LogP contribution in [0.1, 0.15) is 34.6 Å². The molecular formula is C29H30N6O. The topological polar surface area (TPSA) is 97.0 Å². The number of anilines is 1. The fraction of sp³-hybridized carbons (Fsp3) is 0.241. The van der Waals surface area contributed by atoms with Gasteiger partial charge in [-0.15, -0.1) is 0 Å². The maximum absolute atomic E-state index is 13.2. The van der Waals surface area contributed by atoms with Gasteiger partial charge in [-0.3, -0.25) is 19.7 Å². The van der Waals surface area contributed by atoms with E-state index in [1.807, 2.05) is 67.7 Å². The molecule has 1 fully saturated rings. The van der Waals surface area contributed by atoms with Crippen molar-refractivity contribution in [2.24, 2.45) is 5.73 Å². The van der Waals surface area contributed by atoms with Crippen molar-refractivity contribution in [3.8, 4) is 22.4 Å². The van der Waals surface area contributed by atoms with E-state index in [-0.39, 0.29) is 11.9 Å². The minimum atomic E-state index is -0.301. The Balaban J connectivity index is 1.43. The summed E-state index contributed by atoms with van der Waals surface area (Å²) in [6.07, 6.45) is 5.62. The molecule has 1 amide bonds. The van der Waals surface area contributed by atoms with Gasteiger partial charge in [0.2, 0.25) is 0 Å². The van der Waals surface area contributed by atoms with Crippen molar-refractivity contribution < 1.29 is 4.79 Å². The molecule has 4 heterocycles. The number of nitrogens with two attached hydrogens (primary N) is 1. The normalized spacial score (nSPS) is 16.0. The quantitative estimate of drug-likeness (QED) is 0.417. The zero-order valence-electron chi connectivity index (χ0n) is 20.4. The number of amides is 1. The molecule has 3 aromatic heterocycles. The van der Waals surface area contributed by atoms with Crippen molar-refractivity contribution in [1.29, 1.82) is 0 Å². The van der Waals surface area contributed by atoms with Gasteiger partial charge in [0.15, 0.2) is 0 Å². The summed E-state index contributed by atoms with van der Waals surface area (Å²) in [6.45, 7) is 4.57. The summed E-state index contributed by atoms with van der Waals surface area (Å²) < 4.78 is 0. The highest BCUT2D eigenvalue weighted by Crippen LogP contribution is 2.24. The Morgan fingerprint density at radius 2 is 1.89 bits per heavy atom. The Bertz CT molecular complexity index is 1340. The monoisotopic (exact) mass is 478 g/mol. The third-order valence-electron chi connectivity index (χ3n) is 6.38. The van der Waals surface area contributed by atoms with Crippen molar-refractivity contribution in [3.63, 3.8) is 0 Å². The predicted octanol–water partition coefficient (Wildman–Crippen LogP) is 4.69. The highest BCUT2D eigenvalue weighted by Gasteiger charge is 2.18. The lowest BCUT2D eigenvalue weighted by molar-refractivity contribution is 0.102. The first-order valence-electron chi connectivity index (χ1n) is 12.3. The van der Waals surface area contributed by atoms with Crippen LogP contribution in [0.2, 0.25) is 0 Å². The molecule has 1 aliphatic heterocycles. The van der Waals surface area contributed by atoms with E-state index in [1.54, 1.807) is 12.3 Å². The summed E-state index contributed by atoms with van der Waals surface area (Å²) in [4.78, 5) is 29.0. The highest BCUT2D eigenvalue weighted by molar-refractivity contribution is 6.03. The van der Waals surface area contributed by atoms with Crippen LogP contribution in [0.25, 0.3) is 22.4 Å². The predicted molar refractivity (Wildman–Crippen MR) is 142 cm³/mol. The second kappa shape index (κ2) is 10.8.